The first-order valence-electron chi connectivity index (χ1n) is 13.9. The zero-order chi connectivity index (χ0) is 28.6. The molecular formula is C38H41IS+2. The van der Waals surface area contributed by atoms with E-state index in [0.717, 1.165) is 0 Å². The summed E-state index contributed by atoms with van der Waals surface area (Å²) in [6.45, 7) is 13.6. The van der Waals surface area contributed by atoms with Gasteiger partial charge in [0.05, 0.1) is 10.9 Å². The minimum Gasteiger partial charge on any atom is -0.0619 e. The molecule has 0 unspecified atom stereocenters. The van der Waals surface area contributed by atoms with Gasteiger partial charge in [-0.1, -0.05) is 120 Å². The molecule has 0 radical (unpaired) electrons. The van der Waals surface area contributed by atoms with E-state index in [4.69, 9.17) is 0 Å². The maximum atomic E-state index is 2.31. The molecule has 40 heavy (non-hydrogen) atoms. The Morgan fingerprint density at radius 3 is 0.900 bits per heavy atom. The second-order valence-corrected chi connectivity index (χ2v) is 16.9. The molecule has 204 valence electrons. The molecule has 0 saturated carbocycles. The van der Waals surface area contributed by atoms with Crippen LogP contribution in [0.3, 0.4) is 0 Å². The second kappa shape index (κ2) is 13.7. The fourth-order valence-electron chi connectivity index (χ4n) is 4.23. The number of halogens is 1. The Morgan fingerprint density at radius 1 is 0.375 bits per heavy atom. The van der Waals surface area contributed by atoms with Crippen LogP contribution in [0.4, 0.5) is 0 Å². The van der Waals surface area contributed by atoms with Gasteiger partial charge in [0.15, 0.2) is 21.8 Å². The van der Waals surface area contributed by atoms with Gasteiger partial charge in [-0.3, -0.25) is 0 Å². The number of hydrogen-bond donors (Lipinski definition) is 0. The minimum absolute atomic E-state index is 0.0146. The van der Waals surface area contributed by atoms with E-state index in [0.29, 0.717) is 0 Å². The summed E-state index contributed by atoms with van der Waals surface area (Å²) in [4.78, 5) is 4.08. The van der Waals surface area contributed by atoms with Gasteiger partial charge in [-0.15, -0.1) is 0 Å². The summed E-state index contributed by atoms with van der Waals surface area (Å²) in [6, 6.07) is 50.6. The number of benzene rings is 5. The lowest BCUT2D eigenvalue weighted by atomic mass is 9.87. The molecule has 5 aromatic carbocycles. The van der Waals surface area contributed by atoms with Crippen LogP contribution in [-0.4, -0.2) is 0 Å². The van der Waals surface area contributed by atoms with E-state index >= 15 is 0 Å². The molecular weight excluding hydrogens is 615 g/mol. The first kappa shape index (κ1) is 30.1. The Labute approximate surface area is 255 Å². The Hall–Kier alpha value is -2.82. The monoisotopic (exact) mass is 656 g/mol. The van der Waals surface area contributed by atoms with Gasteiger partial charge in [-0.25, -0.2) is 0 Å². The Balaban J connectivity index is 0.000000186. The summed E-state index contributed by atoms with van der Waals surface area (Å²) >= 11 is -0.0703. The first-order valence-corrected chi connectivity index (χ1v) is 17.2. The normalized spacial score (nSPS) is 11.6. The van der Waals surface area contributed by atoms with Crippen LogP contribution >= 0.6 is 0 Å². The van der Waals surface area contributed by atoms with Crippen molar-refractivity contribution in [1.29, 1.82) is 0 Å². The van der Waals surface area contributed by atoms with Crippen molar-refractivity contribution in [2.45, 2.75) is 67.1 Å². The van der Waals surface area contributed by atoms with Crippen molar-refractivity contribution in [1.82, 2.24) is 0 Å². The highest BCUT2D eigenvalue weighted by atomic mass is 127. The Morgan fingerprint density at radius 2 is 0.650 bits per heavy atom. The second-order valence-electron chi connectivity index (χ2n) is 11.9. The molecule has 0 aliphatic heterocycles. The summed E-state index contributed by atoms with van der Waals surface area (Å²) in [6.07, 6.45) is 0. The van der Waals surface area contributed by atoms with Crippen LogP contribution in [0.1, 0.15) is 52.7 Å². The van der Waals surface area contributed by atoms with Gasteiger partial charge in [0.1, 0.15) is 0 Å². The van der Waals surface area contributed by atoms with Gasteiger partial charge in [-0.05, 0) is 82.6 Å². The molecule has 0 bridgehead atoms. The Kier molecular flexibility index (Phi) is 10.3. The fourth-order valence-corrected chi connectivity index (χ4v) is 8.49. The lowest BCUT2D eigenvalue weighted by Crippen LogP contribution is -3.61. The van der Waals surface area contributed by atoms with Crippen molar-refractivity contribution in [3.8, 4) is 0 Å². The number of hydrogen-bond acceptors (Lipinski definition) is 0. The molecule has 0 N–H and O–H groups in total. The molecule has 0 saturated heterocycles. The van der Waals surface area contributed by atoms with Gasteiger partial charge >= 0.3 is 21.2 Å². The maximum Gasteiger partial charge on any atom is 0.357 e. The van der Waals surface area contributed by atoms with Crippen molar-refractivity contribution in [2.75, 3.05) is 0 Å². The third kappa shape index (κ3) is 8.59. The average Bonchev–Trinajstić information content (AvgIpc) is 2.95. The zero-order valence-corrected chi connectivity index (χ0v) is 27.5. The van der Waals surface area contributed by atoms with E-state index in [2.05, 4.69) is 181 Å². The van der Waals surface area contributed by atoms with Crippen LogP contribution in [0.15, 0.2) is 154 Å². The van der Waals surface area contributed by atoms with Crippen LogP contribution in [0, 0.1) is 7.14 Å². The van der Waals surface area contributed by atoms with Crippen LogP contribution < -0.4 is 21.2 Å². The Bertz CT molecular complexity index is 1280. The molecule has 5 aromatic rings. The van der Waals surface area contributed by atoms with Crippen LogP contribution in [0.2, 0.25) is 0 Å². The SMILES string of the molecule is CC(C)(C)c1ccc([I+]c2ccc(C(C)(C)C)cc2)cc1.c1ccc([S+](c2ccccc2)c2ccccc2)cc1. The van der Waals surface area contributed by atoms with Crippen LogP contribution in [0.25, 0.3) is 0 Å². The number of rotatable bonds is 5. The molecule has 0 nitrogen and oxygen atoms in total. The summed E-state index contributed by atoms with van der Waals surface area (Å²) < 4.78 is 2.98. The lowest BCUT2D eigenvalue weighted by molar-refractivity contribution is -0.597. The van der Waals surface area contributed by atoms with Crippen molar-refractivity contribution in [3.63, 3.8) is 0 Å². The molecule has 0 aliphatic rings. The third-order valence-electron chi connectivity index (χ3n) is 6.58. The largest absolute Gasteiger partial charge is 0.357 e. The molecule has 0 aliphatic carbocycles. The smallest absolute Gasteiger partial charge is 0.0619 e. The standard InChI is InChI=1S/C20H26I.C18H15S/c1-19(2,3)15-7-11-17(12-8-15)21-18-13-9-16(10-14-18)20(4,5)6;1-4-10-16(11-5-1)19(17-12-6-2-7-13-17)18-14-8-3-9-15-18/h7-14H,1-6H3;1-15H/q2*+1. The molecule has 0 aromatic heterocycles. The quantitative estimate of drug-likeness (QED) is 0.139. The first-order chi connectivity index (χ1) is 19.1. The molecule has 0 fully saturated rings. The van der Waals surface area contributed by atoms with E-state index in [1.807, 2.05) is 0 Å². The predicted molar refractivity (Wildman–Crippen MR) is 169 cm³/mol. The molecule has 0 spiro atoms. The van der Waals surface area contributed by atoms with Crippen molar-refractivity contribution >= 4 is 10.9 Å². The van der Waals surface area contributed by atoms with Crippen molar-refractivity contribution in [3.05, 3.63) is 158 Å². The maximum absolute atomic E-state index is 2.31. The summed E-state index contributed by atoms with van der Waals surface area (Å²) in [7, 11) is -0.0146. The highest BCUT2D eigenvalue weighted by molar-refractivity contribution is 7.97. The summed E-state index contributed by atoms with van der Waals surface area (Å²) in [5.41, 5.74) is 3.31. The third-order valence-corrected chi connectivity index (χ3v) is 11.5. The lowest BCUT2D eigenvalue weighted by Gasteiger charge is -2.18. The predicted octanol–water partition coefficient (Wildman–Crippen LogP) is 7.19. The summed E-state index contributed by atoms with van der Waals surface area (Å²) in [5.74, 6) is 0. The zero-order valence-electron chi connectivity index (χ0n) is 24.6. The summed E-state index contributed by atoms with van der Waals surface area (Å²) in [5, 5.41) is 0. The van der Waals surface area contributed by atoms with E-state index < -0.39 is 0 Å². The van der Waals surface area contributed by atoms with Crippen molar-refractivity contribution in [2.24, 2.45) is 0 Å². The van der Waals surface area contributed by atoms with Crippen molar-refractivity contribution < 1.29 is 21.2 Å². The van der Waals surface area contributed by atoms with Crippen LogP contribution in [-0.2, 0) is 21.7 Å². The average molecular weight is 657 g/mol. The van der Waals surface area contributed by atoms with E-state index in [-0.39, 0.29) is 42.9 Å². The minimum atomic E-state index is -0.0703. The molecule has 0 heterocycles. The molecule has 0 amide bonds. The molecule has 2 heteroatoms. The fraction of sp³-hybridized carbons (Fsp3) is 0.211. The van der Waals surface area contributed by atoms with Gasteiger partial charge < -0.3 is 0 Å². The van der Waals surface area contributed by atoms with E-state index in [1.54, 1.807) is 0 Å². The highest BCUT2D eigenvalue weighted by Gasteiger charge is 2.27. The van der Waals surface area contributed by atoms with Gasteiger partial charge in [0.25, 0.3) is 0 Å². The van der Waals surface area contributed by atoms with Gasteiger partial charge in [0.2, 0.25) is 0 Å². The molecule has 5 rings (SSSR count). The van der Waals surface area contributed by atoms with Gasteiger partial charge in [0, 0.05) is 0 Å². The van der Waals surface area contributed by atoms with E-state index in [1.165, 1.54) is 33.0 Å². The topological polar surface area (TPSA) is 0 Å². The van der Waals surface area contributed by atoms with E-state index in [9.17, 15) is 0 Å². The molecule has 0 atom stereocenters. The van der Waals surface area contributed by atoms with Crippen LogP contribution in [0.5, 0.6) is 0 Å². The van der Waals surface area contributed by atoms with Gasteiger partial charge in [-0.2, -0.15) is 0 Å². The highest BCUT2D eigenvalue weighted by Crippen LogP contribution is 2.30.